The highest BCUT2D eigenvalue weighted by molar-refractivity contribution is 5.92. The van der Waals surface area contributed by atoms with Crippen molar-refractivity contribution in [1.82, 2.24) is 9.88 Å². The van der Waals surface area contributed by atoms with E-state index in [0.717, 1.165) is 23.5 Å². The van der Waals surface area contributed by atoms with Crippen LogP contribution in [0.15, 0.2) is 36.4 Å². The summed E-state index contributed by atoms with van der Waals surface area (Å²) in [7, 11) is 0. The first kappa shape index (κ1) is 16.8. The number of carbonyl (C=O) groups is 2. The summed E-state index contributed by atoms with van der Waals surface area (Å²) >= 11 is 0. The highest BCUT2D eigenvalue weighted by atomic mass is 16.5. The molecule has 0 spiro atoms. The predicted octanol–water partition coefficient (Wildman–Crippen LogP) is 2.60. The van der Waals surface area contributed by atoms with E-state index in [1.807, 2.05) is 55.7 Å². The molecule has 0 radical (unpaired) electrons. The number of aryl methyl sites for hydroxylation is 1. The van der Waals surface area contributed by atoms with Crippen LogP contribution in [0.2, 0.25) is 0 Å². The Kier molecular flexibility index (Phi) is 5.57. The Labute approximate surface area is 136 Å². The van der Waals surface area contributed by atoms with Crippen LogP contribution in [0.3, 0.4) is 0 Å². The minimum Gasteiger partial charge on any atom is -0.452 e. The number of benzene rings is 1. The minimum atomic E-state index is -0.465. The summed E-state index contributed by atoms with van der Waals surface area (Å²) in [5.41, 5.74) is 3.38. The largest absolute Gasteiger partial charge is 0.452 e. The van der Waals surface area contributed by atoms with Gasteiger partial charge < -0.3 is 14.6 Å². The highest BCUT2D eigenvalue weighted by Crippen LogP contribution is 2.15. The van der Waals surface area contributed by atoms with Gasteiger partial charge in [0.05, 0.1) is 5.56 Å². The van der Waals surface area contributed by atoms with Crippen LogP contribution in [-0.2, 0) is 22.6 Å². The van der Waals surface area contributed by atoms with Gasteiger partial charge in [-0.1, -0.05) is 30.3 Å². The van der Waals surface area contributed by atoms with Crippen molar-refractivity contribution in [2.45, 2.75) is 33.9 Å². The molecule has 23 heavy (non-hydrogen) atoms. The van der Waals surface area contributed by atoms with Crippen LogP contribution in [0, 0.1) is 13.8 Å². The van der Waals surface area contributed by atoms with Gasteiger partial charge in [0.15, 0.2) is 6.61 Å². The van der Waals surface area contributed by atoms with E-state index >= 15 is 0 Å². The number of nitrogens with zero attached hydrogens (tertiary/aromatic N) is 1. The van der Waals surface area contributed by atoms with Crippen molar-refractivity contribution in [3.63, 3.8) is 0 Å². The molecule has 1 amide bonds. The average molecular weight is 314 g/mol. The first-order chi connectivity index (χ1) is 11.0. The zero-order valence-electron chi connectivity index (χ0n) is 13.8. The molecule has 1 N–H and O–H groups in total. The maximum atomic E-state index is 12.1. The Balaban J connectivity index is 1.85. The van der Waals surface area contributed by atoms with Crippen LogP contribution < -0.4 is 5.32 Å². The van der Waals surface area contributed by atoms with Gasteiger partial charge in [-0.2, -0.15) is 0 Å². The molecular formula is C18H22N2O3. The second kappa shape index (κ2) is 7.63. The summed E-state index contributed by atoms with van der Waals surface area (Å²) in [6.45, 7) is 6.78. The van der Waals surface area contributed by atoms with Crippen LogP contribution in [0.1, 0.15) is 34.2 Å². The molecule has 0 fully saturated rings. The lowest BCUT2D eigenvalue weighted by Gasteiger charge is -2.07. The van der Waals surface area contributed by atoms with Crippen molar-refractivity contribution in [3.05, 3.63) is 58.9 Å². The molecule has 0 aliphatic rings. The Hall–Kier alpha value is -2.56. The maximum absolute atomic E-state index is 12.1. The molecule has 1 aromatic carbocycles. The van der Waals surface area contributed by atoms with Gasteiger partial charge in [0.2, 0.25) is 0 Å². The van der Waals surface area contributed by atoms with Crippen molar-refractivity contribution < 1.29 is 14.3 Å². The molecular weight excluding hydrogens is 292 g/mol. The first-order valence-corrected chi connectivity index (χ1v) is 7.67. The van der Waals surface area contributed by atoms with Gasteiger partial charge in [0.1, 0.15) is 0 Å². The van der Waals surface area contributed by atoms with E-state index in [9.17, 15) is 9.59 Å². The Bertz CT molecular complexity index is 690. The normalized spacial score (nSPS) is 10.4. The lowest BCUT2D eigenvalue weighted by Crippen LogP contribution is -2.28. The van der Waals surface area contributed by atoms with Gasteiger partial charge in [-0.05, 0) is 32.4 Å². The summed E-state index contributed by atoms with van der Waals surface area (Å²) in [5.74, 6) is -0.779. The van der Waals surface area contributed by atoms with Crippen molar-refractivity contribution in [2.75, 3.05) is 6.61 Å². The van der Waals surface area contributed by atoms with E-state index in [1.165, 1.54) is 0 Å². The van der Waals surface area contributed by atoms with E-state index < -0.39 is 5.97 Å². The van der Waals surface area contributed by atoms with E-state index in [4.69, 9.17) is 4.74 Å². The first-order valence-electron chi connectivity index (χ1n) is 7.67. The number of aromatic nitrogens is 1. The fourth-order valence-electron chi connectivity index (χ4n) is 2.55. The van der Waals surface area contributed by atoms with Crippen molar-refractivity contribution in [1.29, 1.82) is 0 Å². The number of carbonyl (C=O) groups excluding carboxylic acids is 2. The van der Waals surface area contributed by atoms with Gasteiger partial charge in [-0.15, -0.1) is 0 Å². The second-order valence-electron chi connectivity index (χ2n) is 5.37. The Morgan fingerprint density at radius 2 is 1.87 bits per heavy atom. The van der Waals surface area contributed by atoms with Gasteiger partial charge in [0.25, 0.3) is 5.91 Å². The van der Waals surface area contributed by atoms with Crippen LogP contribution in [0.25, 0.3) is 0 Å². The van der Waals surface area contributed by atoms with Gasteiger partial charge in [-0.25, -0.2) is 4.79 Å². The van der Waals surface area contributed by atoms with Crippen LogP contribution in [-0.4, -0.2) is 23.1 Å². The predicted molar refractivity (Wildman–Crippen MR) is 88.2 cm³/mol. The quantitative estimate of drug-likeness (QED) is 0.834. The number of hydrogen-bond donors (Lipinski definition) is 1. The van der Waals surface area contributed by atoms with E-state index in [-0.39, 0.29) is 12.5 Å². The fourth-order valence-corrected chi connectivity index (χ4v) is 2.55. The average Bonchev–Trinajstić information content (AvgIpc) is 2.85. The summed E-state index contributed by atoms with van der Waals surface area (Å²) in [5, 5.41) is 2.73. The maximum Gasteiger partial charge on any atom is 0.340 e. The van der Waals surface area contributed by atoms with Crippen LogP contribution >= 0.6 is 0 Å². The standard InChI is InChI=1S/C18H22N2O3/c1-4-20-13(2)10-16(14(20)3)18(22)23-12-17(21)19-11-15-8-6-5-7-9-15/h5-10H,4,11-12H2,1-3H3,(H,19,21). The van der Waals surface area contributed by atoms with Crippen molar-refractivity contribution in [2.24, 2.45) is 0 Å². The summed E-state index contributed by atoms with van der Waals surface area (Å²) in [6.07, 6.45) is 0. The molecule has 0 atom stereocenters. The molecule has 2 aromatic rings. The van der Waals surface area contributed by atoms with Gasteiger partial charge in [0, 0.05) is 24.5 Å². The zero-order valence-corrected chi connectivity index (χ0v) is 13.8. The molecule has 5 nitrogen and oxygen atoms in total. The number of ether oxygens (including phenoxy) is 1. The number of amides is 1. The third kappa shape index (κ3) is 4.22. The minimum absolute atomic E-state index is 0.276. The number of esters is 1. The van der Waals surface area contributed by atoms with E-state index in [2.05, 4.69) is 5.32 Å². The van der Waals surface area contributed by atoms with Gasteiger partial charge >= 0.3 is 5.97 Å². The fraction of sp³-hybridized carbons (Fsp3) is 0.333. The molecule has 1 aromatic heterocycles. The summed E-state index contributed by atoms with van der Waals surface area (Å²) in [6, 6.07) is 11.4. The van der Waals surface area contributed by atoms with Crippen molar-refractivity contribution in [3.8, 4) is 0 Å². The summed E-state index contributed by atoms with van der Waals surface area (Å²) < 4.78 is 7.14. The molecule has 0 saturated carbocycles. The monoisotopic (exact) mass is 314 g/mol. The van der Waals surface area contributed by atoms with Crippen molar-refractivity contribution >= 4 is 11.9 Å². The molecule has 0 bridgehead atoms. The highest BCUT2D eigenvalue weighted by Gasteiger charge is 2.17. The molecule has 1 heterocycles. The lowest BCUT2D eigenvalue weighted by molar-refractivity contribution is -0.124. The lowest BCUT2D eigenvalue weighted by atomic mass is 10.2. The summed E-state index contributed by atoms with van der Waals surface area (Å²) in [4.78, 5) is 23.9. The van der Waals surface area contributed by atoms with Crippen LogP contribution in [0.4, 0.5) is 0 Å². The van der Waals surface area contributed by atoms with Crippen LogP contribution in [0.5, 0.6) is 0 Å². The second-order valence-corrected chi connectivity index (χ2v) is 5.37. The molecule has 2 rings (SSSR count). The Morgan fingerprint density at radius 3 is 2.48 bits per heavy atom. The topological polar surface area (TPSA) is 60.3 Å². The van der Waals surface area contributed by atoms with E-state index in [1.54, 1.807) is 6.07 Å². The SMILES string of the molecule is CCn1c(C)cc(C(=O)OCC(=O)NCc2ccccc2)c1C. The molecule has 0 aliphatic heterocycles. The van der Waals surface area contributed by atoms with Gasteiger partial charge in [-0.3, -0.25) is 4.79 Å². The third-order valence-electron chi connectivity index (χ3n) is 3.78. The number of rotatable bonds is 6. The Morgan fingerprint density at radius 1 is 1.17 bits per heavy atom. The smallest absolute Gasteiger partial charge is 0.340 e. The molecule has 122 valence electrons. The third-order valence-corrected chi connectivity index (χ3v) is 3.78. The zero-order chi connectivity index (χ0) is 16.8. The molecule has 0 aliphatic carbocycles. The number of hydrogen-bond acceptors (Lipinski definition) is 3. The molecule has 0 unspecified atom stereocenters. The molecule has 5 heteroatoms. The molecule has 0 saturated heterocycles. The number of nitrogens with one attached hydrogen (secondary N) is 1. The van der Waals surface area contributed by atoms with E-state index in [0.29, 0.717) is 12.1 Å².